The molecule has 2 N–H and O–H groups in total. The van der Waals surface area contributed by atoms with E-state index in [1.165, 1.54) is 11.1 Å². The Kier molecular flexibility index (Phi) is 6.11. The minimum atomic E-state index is -2.89. The quantitative estimate of drug-likeness (QED) is 0.461. The van der Waals surface area contributed by atoms with E-state index in [1.54, 1.807) is 19.9 Å². The van der Waals surface area contributed by atoms with Crippen molar-refractivity contribution < 1.29 is 23.5 Å². The van der Waals surface area contributed by atoms with E-state index in [1.807, 2.05) is 12.1 Å². The van der Waals surface area contributed by atoms with Gasteiger partial charge in [-0.25, -0.2) is 18.4 Å². The monoisotopic (exact) mass is 506 g/mol. The number of aryl methyl sites for hydroxylation is 1. The van der Waals surface area contributed by atoms with Gasteiger partial charge in [0.25, 0.3) is 5.92 Å². The molecule has 0 spiro atoms. The maximum absolute atomic E-state index is 14.6. The van der Waals surface area contributed by atoms with Crippen molar-refractivity contribution in [3.8, 4) is 0 Å². The van der Waals surface area contributed by atoms with Crippen LogP contribution in [0.15, 0.2) is 41.1 Å². The van der Waals surface area contributed by atoms with Gasteiger partial charge >= 0.3 is 12.0 Å². The molecule has 4 rings (SSSR count). The summed E-state index contributed by atoms with van der Waals surface area (Å²) in [6.45, 7) is 9.92. The van der Waals surface area contributed by atoms with Crippen LogP contribution in [0.3, 0.4) is 0 Å². The van der Waals surface area contributed by atoms with Crippen LogP contribution in [0.1, 0.15) is 77.8 Å². The lowest BCUT2D eigenvalue weighted by atomic mass is 9.68. The number of alkyl halides is 2. The Morgan fingerprint density at radius 2 is 1.91 bits per heavy atom. The highest BCUT2D eigenvalue weighted by Gasteiger charge is 2.55. The highest BCUT2D eigenvalue weighted by molar-refractivity contribution is 6.31. The number of amides is 2. The average Bonchev–Trinajstić information content (AvgIpc) is 2.74. The van der Waals surface area contributed by atoms with Crippen LogP contribution in [0.4, 0.5) is 13.6 Å². The highest BCUT2D eigenvalue weighted by atomic mass is 35.5. The number of fused-ring (bicyclic) bond motifs is 1. The fourth-order valence-corrected chi connectivity index (χ4v) is 5.70. The number of nitrogens with one attached hydrogen (secondary N) is 1. The lowest BCUT2D eigenvalue weighted by Crippen LogP contribution is -2.64. The zero-order valence-corrected chi connectivity index (χ0v) is 21.7. The first-order valence-electron chi connectivity index (χ1n) is 12.0. The number of halogens is 3. The molecule has 8 heteroatoms. The lowest BCUT2D eigenvalue weighted by Gasteiger charge is -2.53. The van der Waals surface area contributed by atoms with E-state index >= 15 is 0 Å². The highest BCUT2D eigenvalue weighted by Crippen LogP contribution is 2.52. The predicted molar refractivity (Wildman–Crippen MR) is 132 cm³/mol. The number of carbonyl (C=O) groups excluding carboxylic acids is 1. The molecular formula is C27H33ClF2N2O3. The van der Waals surface area contributed by atoms with Crippen LogP contribution in [-0.4, -0.2) is 33.5 Å². The van der Waals surface area contributed by atoms with Gasteiger partial charge in [0.05, 0.1) is 11.1 Å². The number of carbonyl (C=O) groups is 2. The van der Waals surface area contributed by atoms with Gasteiger partial charge in [-0.1, -0.05) is 44.5 Å². The van der Waals surface area contributed by atoms with Crippen LogP contribution in [0, 0.1) is 5.41 Å². The molecular weight excluding hydrogens is 474 g/mol. The first-order chi connectivity index (χ1) is 16.1. The molecule has 1 unspecified atom stereocenters. The van der Waals surface area contributed by atoms with Crippen LogP contribution in [0.25, 0.3) is 0 Å². The van der Waals surface area contributed by atoms with Crippen molar-refractivity contribution in [2.45, 2.75) is 90.1 Å². The molecule has 1 heterocycles. The molecule has 0 bridgehead atoms. The third-order valence-corrected chi connectivity index (χ3v) is 8.30. The molecule has 5 nitrogen and oxygen atoms in total. The number of aliphatic carboxylic acids is 1. The van der Waals surface area contributed by atoms with Gasteiger partial charge < -0.3 is 10.4 Å². The second kappa shape index (κ2) is 8.32. The fourth-order valence-electron chi connectivity index (χ4n) is 5.43. The van der Waals surface area contributed by atoms with Crippen LogP contribution >= 0.6 is 11.6 Å². The molecule has 35 heavy (non-hydrogen) atoms. The van der Waals surface area contributed by atoms with Crippen molar-refractivity contribution in [2.75, 3.05) is 0 Å². The molecule has 1 aromatic rings. The Balaban J connectivity index is 1.73. The van der Waals surface area contributed by atoms with E-state index in [9.17, 15) is 23.5 Å². The summed E-state index contributed by atoms with van der Waals surface area (Å²) in [6.07, 6.45) is 2.63. The number of urea groups is 1. The summed E-state index contributed by atoms with van der Waals surface area (Å²) in [5, 5.41) is 13.0. The third-order valence-electron chi connectivity index (χ3n) is 7.95. The van der Waals surface area contributed by atoms with E-state index in [-0.39, 0.29) is 30.3 Å². The molecule has 190 valence electrons. The first-order valence-corrected chi connectivity index (χ1v) is 12.4. The molecule has 2 atom stereocenters. The Bertz CT molecular complexity index is 1150. The average molecular weight is 507 g/mol. The molecule has 1 aromatic carbocycles. The summed E-state index contributed by atoms with van der Waals surface area (Å²) in [7, 11) is 0. The van der Waals surface area contributed by atoms with E-state index < -0.39 is 35.4 Å². The molecule has 3 aliphatic rings. The van der Waals surface area contributed by atoms with Crippen LogP contribution in [0.5, 0.6) is 0 Å². The van der Waals surface area contributed by atoms with Crippen molar-refractivity contribution >= 4 is 23.6 Å². The summed E-state index contributed by atoms with van der Waals surface area (Å²) in [4.78, 5) is 26.2. The predicted octanol–water partition coefficient (Wildman–Crippen LogP) is 6.81. The molecule has 2 amide bonds. The Labute approximate surface area is 210 Å². The number of carboxylic acids is 1. The van der Waals surface area contributed by atoms with E-state index in [0.717, 1.165) is 18.4 Å². The van der Waals surface area contributed by atoms with Gasteiger partial charge in [-0.05, 0) is 66.9 Å². The molecule has 0 radical (unpaired) electrons. The smallest absolute Gasteiger partial charge is 0.331 e. The second-order valence-electron chi connectivity index (χ2n) is 11.6. The summed E-state index contributed by atoms with van der Waals surface area (Å²) in [5.74, 6) is -3.92. The van der Waals surface area contributed by atoms with E-state index in [0.29, 0.717) is 21.7 Å². The maximum atomic E-state index is 14.6. The van der Waals surface area contributed by atoms with Gasteiger partial charge in [-0.15, -0.1) is 0 Å². The minimum absolute atomic E-state index is 0.0506. The van der Waals surface area contributed by atoms with Crippen LogP contribution < -0.4 is 5.32 Å². The van der Waals surface area contributed by atoms with Gasteiger partial charge in [0, 0.05) is 36.1 Å². The Morgan fingerprint density at radius 3 is 2.49 bits per heavy atom. The van der Waals surface area contributed by atoms with E-state index in [4.69, 9.17) is 11.6 Å². The zero-order chi connectivity index (χ0) is 26.0. The van der Waals surface area contributed by atoms with Gasteiger partial charge in [0.1, 0.15) is 0 Å². The summed E-state index contributed by atoms with van der Waals surface area (Å²) < 4.78 is 29.2. The van der Waals surface area contributed by atoms with Gasteiger partial charge in [-0.3, -0.25) is 4.90 Å². The summed E-state index contributed by atoms with van der Waals surface area (Å²) >= 11 is 6.64. The number of hydrogen-bond acceptors (Lipinski definition) is 2. The summed E-state index contributed by atoms with van der Waals surface area (Å²) in [6, 6.07) is 5.18. The number of nitrogens with zero attached hydrogens (tertiary/aromatic N) is 1. The SMILES string of the molecule is CC1=C(C(=O)O)CC1(C)N1C=C2CC(F)(F)CC[C@]2(c2ccc(CCC(C)(C)C)c(Cl)c2)NC1=O. The Hall–Kier alpha value is -2.41. The van der Waals surface area contributed by atoms with Crippen LogP contribution in [-0.2, 0) is 16.8 Å². The number of rotatable bonds is 5. The number of carboxylic acid groups (broad SMARTS) is 1. The van der Waals surface area contributed by atoms with Gasteiger partial charge in [-0.2, -0.15) is 0 Å². The maximum Gasteiger partial charge on any atom is 0.331 e. The topological polar surface area (TPSA) is 69.6 Å². The summed E-state index contributed by atoms with van der Waals surface area (Å²) in [5.41, 5.74) is 1.09. The fraction of sp³-hybridized carbons (Fsp3) is 0.556. The minimum Gasteiger partial charge on any atom is -0.478 e. The van der Waals surface area contributed by atoms with E-state index in [2.05, 4.69) is 26.1 Å². The van der Waals surface area contributed by atoms with Gasteiger partial charge in [0.2, 0.25) is 0 Å². The van der Waals surface area contributed by atoms with Crippen molar-refractivity contribution in [3.05, 3.63) is 57.3 Å². The first kappa shape index (κ1) is 25.7. The largest absolute Gasteiger partial charge is 0.478 e. The van der Waals surface area contributed by atoms with Crippen molar-refractivity contribution in [1.29, 1.82) is 0 Å². The molecule has 0 saturated heterocycles. The van der Waals surface area contributed by atoms with Crippen molar-refractivity contribution in [1.82, 2.24) is 10.2 Å². The molecule has 1 aliphatic heterocycles. The molecule has 0 aromatic heterocycles. The third kappa shape index (κ3) is 4.48. The normalized spacial score (nSPS) is 28.2. The number of hydrogen-bond donors (Lipinski definition) is 2. The van der Waals surface area contributed by atoms with Crippen molar-refractivity contribution in [3.63, 3.8) is 0 Å². The van der Waals surface area contributed by atoms with Crippen molar-refractivity contribution in [2.24, 2.45) is 5.41 Å². The van der Waals surface area contributed by atoms with Crippen LogP contribution in [0.2, 0.25) is 5.02 Å². The second-order valence-corrected chi connectivity index (χ2v) is 12.0. The standard InChI is InChI=1S/C27H33ClF2N2O3/c1-16-20(22(33)34)14-25(16,5)32-15-19-13-26(29,30)10-11-27(19,31-23(32)35)18-7-6-17(21(28)12-18)8-9-24(2,3)4/h6-7,12,15H,8-11,13-14H2,1-5H3,(H,31,35)(H,33,34)/t25?,27-/m1/s1. The Morgan fingerprint density at radius 1 is 1.23 bits per heavy atom. The zero-order valence-electron chi connectivity index (χ0n) is 20.9. The molecule has 1 fully saturated rings. The van der Waals surface area contributed by atoms with Gasteiger partial charge in [0.15, 0.2) is 0 Å². The molecule has 1 saturated carbocycles. The number of benzene rings is 1. The lowest BCUT2D eigenvalue weighted by molar-refractivity contribution is -0.133. The molecule has 2 aliphatic carbocycles.